The summed E-state index contributed by atoms with van der Waals surface area (Å²) in [7, 11) is -4.07. The van der Waals surface area contributed by atoms with Gasteiger partial charge in [0, 0.05) is 36.8 Å². The Morgan fingerprint density at radius 2 is 1.12 bits per heavy atom. The number of halogens is 3. The van der Waals surface area contributed by atoms with E-state index in [0.29, 0.717) is 33.9 Å². The molecule has 1 unspecified atom stereocenters. The SMILES string of the molecule is C.CC[C@H]1OC(O)(c2ccc(Cl)c(Cc3ccc(OC4CC5(COC5)C4)cc3)c2)[C@H](O[Si](C)(C)C)[C@@H](O[Si](C)(C)C)[C@@H]1C.Clc1ccc(Br)cc1Cc1ccc(OC2CC3(COC3)C2)cc1. The summed E-state index contributed by atoms with van der Waals surface area (Å²) >= 11 is 16.5. The van der Waals surface area contributed by atoms with Crippen molar-refractivity contribution in [3.63, 3.8) is 0 Å². The molecule has 4 aromatic rings. The summed E-state index contributed by atoms with van der Waals surface area (Å²) in [6.45, 7) is 20.8. The third kappa shape index (κ3) is 12.2. The number of ether oxygens (including phenoxy) is 5. The van der Waals surface area contributed by atoms with Gasteiger partial charge >= 0.3 is 0 Å². The van der Waals surface area contributed by atoms with Gasteiger partial charge in [-0.15, -0.1) is 0 Å². The molecule has 1 N–H and O–H groups in total. The zero-order valence-corrected chi connectivity index (χ0v) is 44.4. The maximum absolute atomic E-state index is 12.5. The molecule has 5 atom stereocenters. The highest BCUT2D eigenvalue weighted by Gasteiger charge is 2.57. The van der Waals surface area contributed by atoms with Gasteiger partial charge in [-0.25, -0.2) is 0 Å². The second-order valence-electron chi connectivity index (χ2n) is 21.4. The minimum atomic E-state index is -2.10. The van der Waals surface area contributed by atoms with Crippen molar-refractivity contribution in [1.82, 2.24) is 0 Å². The summed E-state index contributed by atoms with van der Waals surface area (Å²) in [5, 5.41) is 13.9. The molecule has 5 aliphatic rings. The third-order valence-corrected chi connectivity index (χ3v) is 16.6. The van der Waals surface area contributed by atoms with Gasteiger partial charge < -0.3 is 37.6 Å². The maximum atomic E-state index is 12.5. The minimum Gasteiger partial charge on any atom is -0.490 e. The molecule has 2 aliphatic carbocycles. The van der Waals surface area contributed by atoms with E-state index in [-0.39, 0.29) is 31.7 Å². The maximum Gasteiger partial charge on any atom is 0.221 e. The topological polar surface area (TPSA) is 84.8 Å². The summed E-state index contributed by atoms with van der Waals surface area (Å²) in [6.07, 6.45) is 6.12. The van der Waals surface area contributed by atoms with E-state index < -0.39 is 28.5 Å². The molecule has 360 valence electrons. The Balaban J connectivity index is 0.000000227. The molecule has 0 amide bonds. The quantitative estimate of drug-likeness (QED) is 0.125. The molecule has 4 aromatic carbocycles. The van der Waals surface area contributed by atoms with Crippen molar-refractivity contribution in [1.29, 1.82) is 0 Å². The van der Waals surface area contributed by atoms with Crippen LogP contribution in [0.25, 0.3) is 0 Å². The van der Waals surface area contributed by atoms with Crippen LogP contribution in [0.2, 0.25) is 49.3 Å². The molecule has 13 heteroatoms. The normalized spacial score (nSPS) is 26.4. The lowest BCUT2D eigenvalue weighted by atomic mass is 9.65. The van der Waals surface area contributed by atoms with Gasteiger partial charge in [-0.2, -0.15) is 0 Å². The van der Waals surface area contributed by atoms with Crippen molar-refractivity contribution in [2.45, 2.75) is 142 Å². The van der Waals surface area contributed by atoms with Gasteiger partial charge in [-0.05, 0) is 161 Å². The smallest absolute Gasteiger partial charge is 0.221 e. The van der Waals surface area contributed by atoms with Crippen molar-refractivity contribution in [2.75, 3.05) is 26.4 Å². The van der Waals surface area contributed by atoms with Crippen molar-refractivity contribution in [3.8, 4) is 11.5 Å². The number of hydrogen-bond donors (Lipinski definition) is 1. The number of rotatable bonds is 14. The van der Waals surface area contributed by atoms with Crippen LogP contribution in [0.4, 0.5) is 0 Å². The largest absolute Gasteiger partial charge is 0.490 e. The van der Waals surface area contributed by atoms with E-state index in [4.69, 9.17) is 55.7 Å². The Morgan fingerprint density at radius 3 is 1.55 bits per heavy atom. The molecule has 3 saturated heterocycles. The van der Waals surface area contributed by atoms with Crippen LogP contribution >= 0.6 is 39.1 Å². The van der Waals surface area contributed by atoms with E-state index in [1.165, 1.54) is 5.56 Å². The molecule has 2 saturated carbocycles. The van der Waals surface area contributed by atoms with Crippen LogP contribution < -0.4 is 9.47 Å². The molecule has 9 rings (SSSR count). The fourth-order valence-corrected chi connectivity index (χ4v) is 12.9. The van der Waals surface area contributed by atoms with Crippen molar-refractivity contribution >= 4 is 55.8 Å². The highest BCUT2D eigenvalue weighted by Crippen LogP contribution is 2.50. The van der Waals surface area contributed by atoms with Gasteiger partial charge in [-0.1, -0.05) is 90.7 Å². The first-order chi connectivity index (χ1) is 30.7. The lowest BCUT2D eigenvalue weighted by Crippen LogP contribution is -2.64. The summed E-state index contributed by atoms with van der Waals surface area (Å²) in [6, 6.07) is 28.3. The molecule has 66 heavy (non-hydrogen) atoms. The second-order valence-corrected chi connectivity index (χ2v) is 32.1. The predicted octanol–water partition coefficient (Wildman–Crippen LogP) is 13.4. The summed E-state index contributed by atoms with van der Waals surface area (Å²) in [5.74, 6) is 0.251. The average Bonchev–Trinajstić information content (AvgIpc) is 3.18. The van der Waals surface area contributed by atoms with Crippen molar-refractivity contribution in [3.05, 3.63) is 127 Å². The third-order valence-electron chi connectivity index (χ3n) is 13.5. The number of benzene rings is 4. The molecular weight excluding hydrogens is 972 g/mol. The van der Waals surface area contributed by atoms with Gasteiger partial charge in [0.2, 0.25) is 5.79 Å². The highest BCUT2D eigenvalue weighted by molar-refractivity contribution is 9.10. The fraction of sp³-hybridized carbons (Fsp3) is 0.547. The lowest BCUT2D eigenvalue weighted by molar-refractivity contribution is -0.339. The number of hydrogen-bond acceptors (Lipinski definition) is 8. The van der Waals surface area contributed by atoms with E-state index in [9.17, 15) is 5.11 Å². The number of aliphatic hydroxyl groups is 1. The first kappa shape index (κ1) is 51.6. The summed E-state index contributed by atoms with van der Waals surface area (Å²) in [5.41, 5.74) is 5.88. The Kier molecular flexibility index (Phi) is 16.1. The molecule has 8 nitrogen and oxygen atoms in total. The van der Waals surface area contributed by atoms with Crippen molar-refractivity contribution < 1.29 is 37.6 Å². The van der Waals surface area contributed by atoms with E-state index in [1.54, 1.807) is 0 Å². The van der Waals surface area contributed by atoms with Gasteiger partial charge in [0.15, 0.2) is 16.6 Å². The predicted molar refractivity (Wildman–Crippen MR) is 274 cm³/mol. The summed E-state index contributed by atoms with van der Waals surface area (Å²) in [4.78, 5) is 0. The monoisotopic (exact) mass is 1040 g/mol. The Morgan fingerprint density at radius 1 is 0.667 bits per heavy atom. The molecular formula is C53H71BrCl2O8Si2. The van der Waals surface area contributed by atoms with Crippen LogP contribution in [0.1, 0.15) is 81.2 Å². The molecule has 2 spiro atoms. The molecule has 3 aliphatic heterocycles. The van der Waals surface area contributed by atoms with Gasteiger partial charge in [0.05, 0.1) is 38.6 Å². The molecule has 3 heterocycles. The van der Waals surface area contributed by atoms with Crippen LogP contribution in [0.15, 0.2) is 89.4 Å². The van der Waals surface area contributed by atoms with E-state index in [1.807, 2.05) is 42.5 Å². The molecule has 0 aromatic heterocycles. The zero-order chi connectivity index (χ0) is 46.4. The van der Waals surface area contributed by atoms with Crippen LogP contribution in [-0.2, 0) is 41.7 Å². The first-order valence-electron chi connectivity index (χ1n) is 23.4. The van der Waals surface area contributed by atoms with Crippen LogP contribution in [0.5, 0.6) is 11.5 Å². The van der Waals surface area contributed by atoms with E-state index in [2.05, 4.69) is 112 Å². The first-order valence-corrected chi connectivity index (χ1v) is 31.7. The van der Waals surface area contributed by atoms with Gasteiger partial charge in [0.1, 0.15) is 29.8 Å². The second kappa shape index (κ2) is 20.6. The zero-order valence-electron chi connectivity index (χ0n) is 39.3. The molecule has 0 bridgehead atoms. The average molecular weight is 1040 g/mol. The summed E-state index contributed by atoms with van der Waals surface area (Å²) < 4.78 is 44.1. The van der Waals surface area contributed by atoms with Crippen LogP contribution in [0.3, 0.4) is 0 Å². The Labute approximate surface area is 414 Å². The molecule has 0 radical (unpaired) electrons. The minimum absolute atomic E-state index is 0. The fourth-order valence-electron chi connectivity index (χ4n) is 9.95. The standard InChI is InChI=1S/C33H49ClO6Si2.C19H18BrClO2.CH4/c1-9-29-22(2)30(39-41(3,4)5)31(40-42(6,7)8)33(35,38-29)25-12-15-28(34)24(17-25)16-23-10-13-26(14-11-23)37-27-18-32(19-27)20-36-21-32;20-15-3-6-18(21)14(8-15)7-13-1-4-16(5-2-13)23-17-9-19(10-17)11-22-12-19;/h10-15,17,22,27,29-31,35H,9,16,18-21H2,1-8H3;1-6,8,17H,7,9-12H2;1H4/t22-,29-,30+,31-,33?;;/m1../s1. The lowest BCUT2D eigenvalue weighted by Gasteiger charge is -2.53. The van der Waals surface area contributed by atoms with Crippen LogP contribution in [0, 0.1) is 16.7 Å². The molecule has 5 fully saturated rings. The Hall–Kier alpha value is -2.27. The van der Waals surface area contributed by atoms with Crippen LogP contribution in [-0.4, -0.2) is 78.7 Å². The van der Waals surface area contributed by atoms with Gasteiger partial charge in [-0.3, -0.25) is 0 Å². The van der Waals surface area contributed by atoms with E-state index >= 15 is 0 Å². The van der Waals surface area contributed by atoms with E-state index in [0.717, 1.165) is 103 Å². The van der Waals surface area contributed by atoms with Gasteiger partial charge in [0.25, 0.3) is 0 Å². The highest BCUT2D eigenvalue weighted by atomic mass is 79.9. The Bertz CT molecular complexity index is 2240. The van der Waals surface area contributed by atoms with Crippen molar-refractivity contribution in [2.24, 2.45) is 16.7 Å².